The van der Waals surface area contributed by atoms with Crippen LogP contribution in [0.1, 0.15) is 86.5 Å². The number of amides is 1. The first-order valence-corrected chi connectivity index (χ1v) is 14.9. The number of hydrogen-bond acceptors (Lipinski definition) is 4. The van der Waals surface area contributed by atoms with Crippen LogP contribution in [-0.2, 0) is 27.4 Å². The Morgan fingerprint density at radius 2 is 1.49 bits per heavy atom. The Labute approximate surface area is 247 Å². The van der Waals surface area contributed by atoms with Gasteiger partial charge in [-0.2, -0.15) is 26.3 Å². The van der Waals surface area contributed by atoms with Crippen molar-refractivity contribution in [3.05, 3.63) is 70.8 Å². The number of likely N-dealkylation sites (tertiary alicyclic amines) is 1. The predicted molar refractivity (Wildman–Crippen MR) is 148 cm³/mol. The van der Waals surface area contributed by atoms with E-state index in [2.05, 4.69) is 10.2 Å². The molecule has 236 valence electrons. The van der Waals surface area contributed by atoms with Gasteiger partial charge in [0.2, 0.25) is 5.91 Å². The summed E-state index contributed by atoms with van der Waals surface area (Å²) < 4.78 is 86.9. The second-order valence-electron chi connectivity index (χ2n) is 12.5. The minimum atomic E-state index is -4.99. The van der Waals surface area contributed by atoms with Crippen molar-refractivity contribution in [3.63, 3.8) is 0 Å². The quantitative estimate of drug-likeness (QED) is 0.365. The SMILES string of the molecule is CC(C(=O)NC1(c2ccccc2)CCC(N2CCC3(CCC(O)CO3)CC2)CC1)c1cc(C(F)(F)F)cc(C(F)(F)F)c1. The molecule has 2 atom stereocenters. The van der Waals surface area contributed by atoms with E-state index in [-0.39, 0.29) is 23.3 Å². The van der Waals surface area contributed by atoms with Gasteiger partial charge in [-0.05, 0) is 87.6 Å². The zero-order valence-electron chi connectivity index (χ0n) is 24.1. The molecule has 2 heterocycles. The van der Waals surface area contributed by atoms with Gasteiger partial charge >= 0.3 is 12.4 Å². The summed E-state index contributed by atoms with van der Waals surface area (Å²) in [6, 6.07) is 11.0. The molecule has 0 aromatic heterocycles. The van der Waals surface area contributed by atoms with Crippen LogP contribution in [0.5, 0.6) is 0 Å². The van der Waals surface area contributed by atoms with Crippen molar-refractivity contribution in [2.45, 2.75) is 99.8 Å². The summed E-state index contributed by atoms with van der Waals surface area (Å²) >= 11 is 0. The van der Waals surface area contributed by atoms with Gasteiger partial charge < -0.3 is 20.1 Å². The predicted octanol–water partition coefficient (Wildman–Crippen LogP) is 6.79. The van der Waals surface area contributed by atoms with E-state index in [1.54, 1.807) is 0 Å². The smallest absolute Gasteiger partial charge is 0.391 e. The molecule has 3 aliphatic rings. The van der Waals surface area contributed by atoms with Crippen LogP contribution in [0.15, 0.2) is 48.5 Å². The normalized spacial score (nSPS) is 27.5. The van der Waals surface area contributed by atoms with Gasteiger partial charge in [-0.15, -0.1) is 0 Å². The maximum atomic E-state index is 13.6. The average molecular weight is 613 g/mol. The first-order valence-electron chi connectivity index (χ1n) is 14.9. The molecule has 2 saturated heterocycles. The number of aliphatic hydroxyl groups excluding tert-OH is 1. The van der Waals surface area contributed by atoms with Crippen LogP contribution in [-0.4, -0.2) is 53.4 Å². The second-order valence-corrected chi connectivity index (χ2v) is 12.5. The molecule has 2 aliphatic heterocycles. The first-order chi connectivity index (χ1) is 20.2. The lowest BCUT2D eigenvalue weighted by Crippen LogP contribution is -2.55. The highest BCUT2D eigenvalue weighted by Crippen LogP contribution is 2.43. The van der Waals surface area contributed by atoms with Crippen molar-refractivity contribution < 1.29 is 41.0 Å². The van der Waals surface area contributed by atoms with E-state index in [4.69, 9.17) is 4.74 Å². The molecule has 1 amide bonds. The number of aliphatic hydroxyl groups is 1. The first kappa shape index (κ1) is 31.8. The molecule has 1 spiro atoms. The molecule has 0 bridgehead atoms. The monoisotopic (exact) mass is 612 g/mol. The van der Waals surface area contributed by atoms with E-state index in [0.717, 1.165) is 57.2 Å². The van der Waals surface area contributed by atoms with Crippen LogP contribution in [0.25, 0.3) is 0 Å². The lowest BCUT2D eigenvalue weighted by Gasteiger charge is -2.49. The van der Waals surface area contributed by atoms with Gasteiger partial charge in [0.05, 0.1) is 40.9 Å². The van der Waals surface area contributed by atoms with E-state index in [1.807, 2.05) is 30.3 Å². The third-order valence-corrected chi connectivity index (χ3v) is 9.74. The molecular weight excluding hydrogens is 574 g/mol. The summed E-state index contributed by atoms with van der Waals surface area (Å²) in [7, 11) is 0. The summed E-state index contributed by atoms with van der Waals surface area (Å²) in [5.41, 5.74) is -3.31. The van der Waals surface area contributed by atoms with E-state index < -0.39 is 46.9 Å². The molecule has 2 aromatic rings. The number of halogens is 6. The fraction of sp³-hybridized carbons (Fsp3) is 0.594. The molecule has 5 nitrogen and oxygen atoms in total. The van der Waals surface area contributed by atoms with Crippen molar-refractivity contribution >= 4 is 5.91 Å². The zero-order chi connectivity index (χ0) is 31.0. The molecule has 2 aromatic carbocycles. The second kappa shape index (κ2) is 12.0. The highest BCUT2D eigenvalue weighted by atomic mass is 19.4. The van der Waals surface area contributed by atoms with Crippen LogP contribution in [0.4, 0.5) is 26.3 Å². The number of nitrogens with zero attached hydrogens (tertiary/aromatic N) is 1. The van der Waals surface area contributed by atoms with Gasteiger partial charge in [0.1, 0.15) is 0 Å². The number of rotatable bonds is 5. The summed E-state index contributed by atoms with van der Waals surface area (Å²) in [6.07, 6.45) is -4.27. The molecule has 1 aliphatic carbocycles. The van der Waals surface area contributed by atoms with Crippen LogP contribution < -0.4 is 5.32 Å². The van der Waals surface area contributed by atoms with Crippen molar-refractivity contribution in [3.8, 4) is 0 Å². The molecule has 5 rings (SSSR count). The fourth-order valence-corrected chi connectivity index (χ4v) is 6.98. The van der Waals surface area contributed by atoms with Crippen LogP contribution in [0, 0.1) is 0 Å². The molecule has 0 radical (unpaired) electrons. The maximum Gasteiger partial charge on any atom is 0.416 e. The molecule has 11 heteroatoms. The Morgan fingerprint density at radius 3 is 2.00 bits per heavy atom. The summed E-state index contributed by atoms with van der Waals surface area (Å²) in [5, 5.41) is 12.9. The molecule has 43 heavy (non-hydrogen) atoms. The lowest BCUT2D eigenvalue weighted by molar-refractivity contribution is -0.150. The number of nitrogens with one attached hydrogen (secondary N) is 1. The Kier molecular flexibility index (Phi) is 8.90. The lowest BCUT2D eigenvalue weighted by atomic mass is 9.73. The van der Waals surface area contributed by atoms with Gasteiger partial charge in [-0.25, -0.2) is 0 Å². The van der Waals surface area contributed by atoms with E-state index in [0.29, 0.717) is 31.6 Å². The minimum absolute atomic E-state index is 0.0764. The van der Waals surface area contributed by atoms with Gasteiger partial charge in [0.25, 0.3) is 0 Å². The van der Waals surface area contributed by atoms with Crippen LogP contribution >= 0.6 is 0 Å². The third-order valence-electron chi connectivity index (χ3n) is 9.74. The van der Waals surface area contributed by atoms with Crippen molar-refractivity contribution in [1.82, 2.24) is 10.2 Å². The third kappa shape index (κ3) is 7.04. The van der Waals surface area contributed by atoms with Crippen LogP contribution in [0.2, 0.25) is 0 Å². The Balaban J connectivity index is 1.31. The fourth-order valence-electron chi connectivity index (χ4n) is 6.98. The number of piperidine rings is 1. The van der Waals surface area contributed by atoms with Crippen molar-refractivity contribution in [2.24, 2.45) is 0 Å². The highest BCUT2D eigenvalue weighted by Gasteiger charge is 2.44. The average Bonchev–Trinajstić information content (AvgIpc) is 2.98. The number of ether oxygens (including phenoxy) is 1. The Morgan fingerprint density at radius 1 is 0.907 bits per heavy atom. The number of benzene rings is 2. The van der Waals surface area contributed by atoms with Gasteiger partial charge in [0.15, 0.2) is 0 Å². The maximum absolute atomic E-state index is 13.6. The van der Waals surface area contributed by atoms with Gasteiger partial charge in [-0.1, -0.05) is 30.3 Å². The molecule has 2 N–H and O–H groups in total. The number of carbonyl (C=O) groups excluding carboxylic acids is 1. The van der Waals surface area contributed by atoms with Gasteiger partial charge in [-0.3, -0.25) is 4.79 Å². The number of hydrogen-bond donors (Lipinski definition) is 2. The minimum Gasteiger partial charge on any atom is -0.391 e. The Hall–Kier alpha value is -2.63. The van der Waals surface area contributed by atoms with Crippen molar-refractivity contribution in [2.75, 3.05) is 19.7 Å². The standard InChI is InChI=1S/C32H38F6N2O3/c1-21(22-17-24(31(33,34)35)19-25(18-22)32(36,37)38)28(42)39-30(23-5-3-2-4-6-23)11-7-26(8-12-30)40-15-13-29(14-16-40)10-9-27(41)20-43-29/h2-6,17-19,21,26-27,41H,7-16,20H2,1H3,(H,39,42). The summed E-state index contributed by atoms with van der Waals surface area (Å²) in [5.74, 6) is -1.86. The van der Waals surface area contributed by atoms with Crippen molar-refractivity contribution in [1.29, 1.82) is 0 Å². The summed E-state index contributed by atoms with van der Waals surface area (Å²) in [6.45, 7) is 3.46. The number of carbonyl (C=O) groups is 1. The largest absolute Gasteiger partial charge is 0.416 e. The topological polar surface area (TPSA) is 61.8 Å². The van der Waals surface area contributed by atoms with E-state index >= 15 is 0 Å². The molecular formula is C32H38F6N2O3. The van der Waals surface area contributed by atoms with Gasteiger partial charge in [0, 0.05) is 19.1 Å². The number of alkyl halides is 6. The molecule has 3 fully saturated rings. The molecule has 2 unspecified atom stereocenters. The Bertz CT molecular complexity index is 1220. The molecule has 1 saturated carbocycles. The van der Waals surface area contributed by atoms with E-state index in [1.165, 1.54) is 6.92 Å². The summed E-state index contributed by atoms with van der Waals surface area (Å²) in [4.78, 5) is 16.0. The van der Waals surface area contributed by atoms with Crippen LogP contribution in [0.3, 0.4) is 0 Å². The highest BCUT2D eigenvalue weighted by molar-refractivity contribution is 5.84. The zero-order valence-corrected chi connectivity index (χ0v) is 24.1. The van der Waals surface area contributed by atoms with E-state index in [9.17, 15) is 36.2 Å².